The number of benzene rings is 2. The van der Waals surface area contributed by atoms with Gasteiger partial charge < -0.3 is 19.5 Å². The van der Waals surface area contributed by atoms with E-state index in [2.05, 4.69) is 52.9 Å². The Kier molecular flexibility index (Phi) is 10.7. The van der Waals surface area contributed by atoms with Crippen LogP contribution < -0.4 is 19.5 Å². The molecule has 0 aliphatic heterocycles. The summed E-state index contributed by atoms with van der Waals surface area (Å²) in [5.74, 6) is 2.42. The Hall–Kier alpha value is -2.95. The van der Waals surface area contributed by atoms with E-state index in [1.165, 1.54) is 5.56 Å². The van der Waals surface area contributed by atoms with Gasteiger partial charge in [-0.2, -0.15) is 0 Å². The molecule has 0 saturated carbocycles. The number of unbranched alkanes of at least 4 members (excludes halogenated alkanes) is 1. The number of carbonyl (C=O) groups excluding carboxylic acids is 1. The van der Waals surface area contributed by atoms with Gasteiger partial charge in [0.2, 0.25) is 5.91 Å². The summed E-state index contributed by atoms with van der Waals surface area (Å²) in [5.41, 5.74) is 1.65. The molecule has 1 N–H and O–H groups in total. The normalized spacial score (nSPS) is 12.0. The van der Waals surface area contributed by atoms with E-state index in [9.17, 15) is 4.79 Å². The molecule has 0 radical (unpaired) electrons. The van der Waals surface area contributed by atoms with Gasteiger partial charge in [0, 0.05) is 18.7 Å². The summed E-state index contributed by atoms with van der Waals surface area (Å²) in [6.45, 7) is 13.3. The van der Waals surface area contributed by atoms with Crippen molar-refractivity contribution < 1.29 is 19.0 Å². The van der Waals surface area contributed by atoms with Gasteiger partial charge in [-0.3, -0.25) is 4.79 Å². The maximum Gasteiger partial charge on any atom is 0.243 e. The van der Waals surface area contributed by atoms with Crippen LogP contribution in [0, 0.1) is 0 Å². The number of aryl methyl sites for hydroxylation is 1. The first-order valence-electron chi connectivity index (χ1n) is 12.7. The Morgan fingerprint density at radius 1 is 0.886 bits per heavy atom. The molecular weight excluding hydrogens is 438 g/mol. The van der Waals surface area contributed by atoms with E-state index in [4.69, 9.17) is 14.2 Å². The van der Waals surface area contributed by atoms with E-state index in [1.54, 1.807) is 19.3 Å². The van der Waals surface area contributed by atoms with Gasteiger partial charge in [-0.15, -0.1) is 0 Å². The average molecular weight is 482 g/mol. The van der Waals surface area contributed by atoms with Crippen LogP contribution in [0.3, 0.4) is 0 Å². The van der Waals surface area contributed by atoms with Crippen molar-refractivity contribution in [2.75, 3.05) is 13.7 Å². The lowest BCUT2D eigenvalue weighted by atomic mass is 10.0. The minimum atomic E-state index is -0.252. The van der Waals surface area contributed by atoms with Gasteiger partial charge in [-0.1, -0.05) is 32.0 Å². The maximum absolute atomic E-state index is 12.1. The summed E-state index contributed by atoms with van der Waals surface area (Å²) in [7, 11) is 1.63. The molecule has 5 heteroatoms. The zero-order valence-corrected chi connectivity index (χ0v) is 22.6. The molecule has 2 aromatic carbocycles. The number of carbonyl (C=O) groups is 1. The third-order valence-electron chi connectivity index (χ3n) is 6.24. The number of ether oxygens (including phenoxy) is 3. The number of hydrogen-bond acceptors (Lipinski definition) is 4. The molecule has 192 valence electrons. The first-order valence-corrected chi connectivity index (χ1v) is 12.7. The van der Waals surface area contributed by atoms with E-state index in [0.29, 0.717) is 6.54 Å². The topological polar surface area (TPSA) is 56.8 Å². The van der Waals surface area contributed by atoms with E-state index in [1.807, 2.05) is 36.4 Å². The van der Waals surface area contributed by atoms with Crippen molar-refractivity contribution in [1.82, 2.24) is 5.32 Å². The molecule has 0 fully saturated rings. The third-order valence-corrected chi connectivity index (χ3v) is 6.24. The molecule has 35 heavy (non-hydrogen) atoms. The molecule has 0 atom stereocenters. The number of amides is 1. The monoisotopic (exact) mass is 481 g/mol. The highest BCUT2D eigenvalue weighted by atomic mass is 16.5. The van der Waals surface area contributed by atoms with Gasteiger partial charge in [0.05, 0.1) is 7.11 Å². The van der Waals surface area contributed by atoms with Gasteiger partial charge in [0.25, 0.3) is 0 Å². The summed E-state index contributed by atoms with van der Waals surface area (Å²) in [5, 5.41) is 2.96. The van der Waals surface area contributed by atoms with Crippen LogP contribution in [0.2, 0.25) is 0 Å². The van der Waals surface area contributed by atoms with Crippen molar-refractivity contribution in [2.45, 2.75) is 84.8 Å². The SMILES string of the molecule is CCC(C)(C)Oc1ccc(CCCCNC(=O)C=Cc2ccc(OC)cc2)c(OC(C)(C)CC)c1. The van der Waals surface area contributed by atoms with Gasteiger partial charge in [-0.05, 0) is 95.2 Å². The molecule has 5 nitrogen and oxygen atoms in total. The van der Waals surface area contributed by atoms with Crippen molar-refractivity contribution in [3.63, 3.8) is 0 Å². The minimum absolute atomic E-state index is 0.0884. The molecule has 2 aromatic rings. The molecule has 1 amide bonds. The van der Waals surface area contributed by atoms with Crippen LogP contribution in [0.15, 0.2) is 48.5 Å². The Morgan fingerprint density at radius 2 is 1.51 bits per heavy atom. The fourth-order valence-corrected chi connectivity index (χ4v) is 3.26. The number of hydrogen-bond donors (Lipinski definition) is 1. The van der Waals surface area contributed by atoms with E-state index < -0.39 is 0 Å². The van der Waals surface area contributed by atoms with Crippen LogP contribution in [0.1, 0.15) is 78.4 Å². The molecule has 0 spiro atoms. The largest absolute Gasteiger partial charge is 0.497 e. The molecule has 0 aromatic heterocycles. The lowest BCUT2D eigenvalue weighted by molar-refractivity contribution is -0.116. The van der Waals surface area contributed by atoms with Crippen LogP contribution in [-0.2, 0) is 11.2 Å². The lowest BCUT2D eigenvalue weighted by Crippen LogP contribution is -2.28. The highest BCUT2D eigenvalue weighted by molar-refractivity contribution is 5.91. The standard InChI is InChI=1S/C30H43NO4/c1-8-29(3,4)34-26-19-16-24(27(22-26)35-30(5,6)9-2)12-10-11-21-31-28(32)20-15-23-13-17-25(33-7)18-14-23/h13-20,22H,8-12,21H2,1-7H3,(H,31,32). The van der Waals surface area contributed by atoms with Crippen LogP contribution in [0.5, 0.6) is 17.2 Å². The average Bonchev–Trinajstić information content (AvgIpc) is 2.83. The molecule has 2 rings (SSSR count). The van der Waals surface area contributed by atoms with E-state index >= 15 is 0 Å². The third kappa shape index (κ3) is 10.1. The molecule has 0 aliphatic carbocycles. The smallest absolute Gasteiger partial charge is 0.243 e. The number of nitrogens with one attached hydrogen (secondary N) is 1. The maximum atomic E-state index is 12.1. The van der Waals surface area contributed by atoms with Gasteiger partial charge >= 0.3 is 0 Å². The summed E-state index contributed by atoms with van der Waals surface area (Å²) in [4.78, 5) is 12.1. The van der Waals surface area contributed by atoms with Crippen LogP contribution in [-0.4, -0.2) is 30.8 Å². The van der Waals surface area contributed by atoms with Crippen molar-refractivity contribution in [2.24, 2.45) is 0 Å². The summed E-state index contributed by atoms with van der Waals surface area (Å²) < 4.78 is 17.7. The predicted octanol–water partition coefficient (Wildman–Crippen LogP) is 6.98. The van der Waals surface area contributed by atoms with Gasteiger partial charge in [0.1, 0.15) is 28.5 Å². The lowest BCUT2D eigenvalue weighted by Gasteiger charge is -2.29. The molecule has 0 unspecified atom stereocenters. The Bertz CT molecular complexity index is 961. The summed E-state index contributed by atoms with van der Waals surface area (Å²) in [6, 6.07) is 13.8. The number of rotatable bonds is 14. The second-order valence-corrected chi connectivity index (χ2v) is 10.1. The quantitative estimate of drug-likeness (QED) is 0.233. The highest BCUT2D eigenvalue weighted by Gasteiger charge is 2.21. The fourth-order valence-electron chi connectivity index (χ4n) is 3.26. The molecular formula is C30H43NO4. The Labute approximate surface area is 211 Å². The van der Waals surface area contributed by atoms with Crippen LogP contribution in [0.25, 0.3) is 6.08 Å². The van der Waals surface area contributed by atoms with Crippen LogP contribution >= 0.6 is 0 Å². The number of methoxy groups -OCH3 is 1. The second-order valence-electron chi connectivity index (χ2n) is 10.1. The molecule has 0 saturated heterocycles. The second kappa shape index (κ2) is 13.2. The predicted molar refractivity (Wildman–Crippen MR) is 144 cm³/mol. The molecule has 0 bridgehead atoms. The Balaban J connectivity index is 1.89. The molecule has 0 heterocycles. The molecule has 0 aliphatic rings. The van der Waals surface area contributed by atoms with Crippen molar-refractivity contribution in [3.05, 3.63) is 59.7 Å². The van der Waals surface area contributed by atoms with E-state index in [-0.39, 0.29) is 17.1 Å². The highest BCUT2D eigenvalue weighted by Crippen LogP contribution is 2.32. The minimum Gasteiger partial charge on any atom is -0.497 e. The van der Waals surface area contributed by atoms with Crippen LogP contribution in [0.4, 0.5) is 0 Å². The van der Waals surface area contributed by atoms with Crippen molar-refractivity contribution in [3.8, 4) is 17.2 Å². The Morgan fingerprint density at radius 3 is 2.14 bits per heavy atom. The summed E-state index contributed by atoms with van der Waals surface area (Å²) in [6.07, 6.45) is 7.92. The van der Waals surface area contributed by atoms with E-state index in [0.717, 1.165) is 54.9 Å². The zero-order valence-electron chi connectivity index (χ0n) is 22.6. The van der Waals surface area contributed by atoms with Crippen molar-refractivity contribution >= 4 is 12.0 Å². The first-order chi connectivity index (χ1) is 16.6. The van der Waals surface area contributed by atoms with Crippen molar-refractivity contribution in [1.29, 1.82) is 0 Å². The summed E-state index contributed by atoms with van der Waals surface area (Å²) >= 11 is 0. The first kappa shape index (κ1) is 28.3. The zero-order chi connectivity index (χ0) is 25.9. The van der Waals surface area contributed by atoms with Gasteiger partial charge in [-0.25, -0.2) is 0 Å². The van der Waals surface area contributed by atoms with Gasteiger partial charge in [0.15, 0.2) is 0 Å². The fraction of sp³-hybridized carbons (Fsp3) is 0.500.